The summed E-state index contributed by atoms with van der Waals surface area (Å²) in [5, 5.41) is 9.37. The number of rotatable bonds is 5. The normalized spacial score (nSPS) is 13.1. The van der Waals surface area contributed by atoms with E-state index in [1.807, 2.05) is 18.2 Å². The summed E-state index contributed by atoms with van der Waals surface area (Å²) in [7, 11) is 0. The fourth-order valence-corrected chi connectivity index (χ4v) is 1.77. The van der Waals surface area contributed by atoms with E-state index >= 15 is 0 Å². The van der Waals surface area contributed by atoms with Crippen LogP contribution in [0.25, 0.3) is 0 Å². The van der Waals surface area contributed by atoms with Gasteiger partial charge in [0.15, 0.2) is 0 Å². The molecule has 14 heavy (non-hydrogen) atoms. The molecule has 1 aromatic carbocycles. The smallest absolute Gasteiger partial charge is 0.0628 e. The van der Waals surface area contributed by atoms with Gasteiger partial charge < -0.3 is 5.11 Å². The van der Waals surface area contributed by atoms with Gasteiger partial charge in [0.1, 0.15) is 0 Å². The summed E-state index contributed by atoms with van der Waals surface area (Å²) in [6, 6.07) is 10.3. The summed E-state index contributed by atoms with van der Waals surface area (Å²) in [6.07, 6.45) is 0. The Morgan fingerprint density at radius 1 is 1.14 bits per heavy atom. The molecule has 1 N–H and O–H groups in total. The summed E-state index contributed by atoms with van der Waals surface area (Å²) in [6.45, 7) is 6.36. The predicted octanol–water partition coefficient (Wildman–Crippen LogP) is 2.06. The fourth-order valence-electron chi connectivity index (χ4n) is 1.77. The molecule has 0 spiro atoms. The molecule has 0 saturated heterocycles. The molecule has 1 atom stereocenters. The Morgan fingerprint density at radius 3 is 2.14 bits per heavy atom. The van der Waals surface area contributed by atoms with E-state index in [1.165, 1.54) is 5.56 Å². The van der Waals surface area contributed by atoms with Crippen LogP contribution in [0.1, 0.15) is 25.5 Å². The number of nitrogens with zero attached hydrogens (tertiary/aromatic N) is 1. The van der Waals surface area contributed by atoms with Gasteiger partial charge in [0.2, 0.25) is 0 Å². The van der Waals surface area contributed by atoms with Crippen molar-refractivity contribution in [1.82, 2.24) is 4.90 Å². The number of likely N-dealkylation sites (N-methyl/N-ethyl adjacent to an activating group) is 1. The quantitative estimate of drug-likeness (QED) is 0.773. The summed E-state index contributed by atoms with van der Waals surface area (Å²) in [5.41, 5.74) is 1.19. The van der Waals surface area contributed by atoms with Crippen molar-refractivity contribution in [3.8, 4) is 0 Å². The van der Waals surface area contributed by atoms with Crippen molar-refractivity contribution >= 4 is 0 Å². The zero-order valence-electron chi connectivity index (χ0n) is 8.98. The zero-order chi connectivity index (χ0) is 10.4. The first-order valence-electron chi connectivity index (χ1n) is 5.23. The van der Waals surface area contributed by atoms with Crippen LogP contribution in [-0.4, -0.2) is 29.7 Å². The van der Waals surface area contributed by atoms with Gasteiger partial charge in [-0.1, -0.05) is 44.2 Å². The Bertz CT molecular complexity index is 244. The standard InChI is InChI=1S/C12H19NO/c1-3-13(4-2)12(10-14)11-8-6-5-7-9-11/h5-9,12,14H,3-4,10H2,1-2H3/t12-/m0/s1. The van der Waals surface area contributed by atoms with E-state index in [2.05, 4.69) is 30.9 Å². The first-order chi connectivity index (χ1) is 6.83. The third-order valence-electron chi connectivity index (χ3n) is 2.61. The molecule has 0 radical (unpaired) electrons. The van der Waals surface area contributed by atoms with Crippen molar-refractivity contribution in [1.29, 1.82) is 0 Å². The minimum Gasteiger partial charge on any atom is -0.394 e. The molecule has 1 rings (SSSR count). The summed E-state index contributed by atoms with van der Waals surface area (Å²) >= 11 is 0. The molecular weight excluding hydrogens is 174 g/mol. The fraction of sp³-hybridized carbons (Fsp3) is 0.500. The second kappa shape index (κ2) is 5.78. The summed E-state index contributed by atoms with van der Waals surface area (Å²) < 4.78 is 0. The van der Waals surface area contributed by atoms with Crippen LogP contribution >= 0.6 is 0 Å². The van der Waals surface area contributed by atoms with E-state index in [0.29, 0.717) is 0 Å². The largest absolute Gasteiger partial charge is 0.394 e. The van der Waals surface area contributed by atoms with Gasteiger partial charge in [-0.05, 0) is 18.7 Å². The van der Waals surface area contributed by atoms with Gasteiger partial charge in [-0.2, -0.15) is 0 Å². The molecule has 0 bridgehead atoms. The highest BCUT2D eigenvalue weighted by Gasteiger charge is 2.15. The third-order valence-corrected chi connectivity index (χ3v) is 2.61. The Balaban J connectivity index is 2.81. The monoisotopic (exact) mass is 193 g/mol. The Hall–Kier alpha value is -0.860. The predicted molar refractivity (Wildman–Crippen MR) is 59.2 cm³/mol. The van der Waals surface area contributed by atoms with Crippen LogP contribution in [0.3, 0.4) is 0 Å². The van der Waals surface area contributed by atoms with E-state index in [1.54, 1.807) is 0 Å². The summed E-state index contributed by atoms with van der Waals surface area (Å²) in [5.74, 6) is 0. The van der Waals surface area contributed by atoms with E-state index < -0.39 is 0 Å². The molecule has 0 unspecified atom stereocenters. The van der Waals surface area contributed by atoms with Crippen LogP contribution in [-0.2, 0) is 0 Å². The maximum Gasteiger partial charge on any atom is 0.0628 e. The molecule has 2 heteroatoms. The van der Waals surface area contributed by atoms with Crippen molar-refractivity contribution in [2.75, 3.05) is 19.7 Å². The second-order valence-corrected chi connectivity index (χ2v) is 3.33. The van der Waals surface area contributed by atoms with Crippen LogP contribution in [0.4, 0.5) is 0 Å². The Labute approximate surface area is 86.2 Å². The average molecular weight is 193 g/mol. The molecule has 2 nitrogen and oxygen atoms in total. The number of hydrogen-bond acceptors (Lipinski definition) is 2. The lowest BCUT2D eigenvalue weighted by molar-refractivity contribution is 0.134. The zero-order valence-corrected chi connectivity index (χ0v) is 8.98. The molecule has 0 aliphatic heterocycles. The highest BCUT2D eigenvalue weighted by atomic mass is 16.3. The molecule has 0 aromatic heterocycles. The first kappa shape index (κ1) is 11.2. The summed E-state index contributed by atoms with van der Waals surface area (Å²) in [4.78, 5) is 2.26. The lowest BCUT2D eigenvalue weighted by Crippen LogP contribution is -2.30. The second-order valence-electron chi connectivity index (χ2n) is 3.33. The SMILES string of the molecule is CCN(CC)[C@@H](CO)c1ccccc1. The third kappa shape index (κ3) is 2.56. The number of aliphatic hydroxyl groups is 1. The van der Waals surface area contributed by atoms with Crippen molar-refractivity contribution in [3.63, 3.8) is 0 Å². The van der Waals surface area contributed by atoms with E-state index in [9.17, 15) is 5.11 Å². The van der Waals surface area contributed by atoms with Crippen molar-refractivity contribution < 1.29 is 5.11 Å². The molecule has 1 aromatic rings. The average Bonchev–Trinajstić information content (AvgIpc) is 2.27. The van der Waals surface area contributed by atoms with Crippen molar-refractivity contribution in [2.45, 2.75) is 19.9 Å². The van der Waals surface area contributed by atoms with Crippen LogP contribution in [0.2, 0.25) is 0 Å². The van der Waals surface area contributed by atoms with Crippen LogP contribution in [0.15, 0.2) is 30.3 Å². The van der Waals surface area contributed by atoms with E-state index in [4.69, 9.17) is 0 Å². The molecule has 0 aliphatic carbocycles. The minimum absolute atomic E-state index is 0.145. The van der Waals surface area contributed by atoms with Crippen molar-refractivity contribution in [2.24, 2.45) is 0 Å². The molecular formula is C12H19NO. The van der Waals surface area contributed by atoms with Gasteiger partial charge in [0.25, 0.3) is 0 Å². The van der Waals surface area contributed by atoms with Crippen LogP contribution in [0.5, 0.6) is 0 Å². The highest BCUT2D eigenvalue weighted by Crippen LogP contribution is 2.18. The molecule has 78 valence electrons. The lowest BCUT2D eigenvalue weighted by Gasteiger charge is -2.28. The van der Waals surface area contributed by atoms with Crippen LogP contribution in [0, 0.1) is 0 Å². The highest BCUT2D eigenvalue weighted by molar-refractivity contribution is 5.19. The number of hydrogen-bond donors (Lipinski definition) is 1. The molecule has 0 aliphatic rings. The molecule has 0 saturated carbocycles. The molecule has 0 amide bonds. The Morgan fingerprint density at radius 2 is 1.71 bits per heavy atom. The minimum atomic E-state index is 0.145. The lowest BCUT2D eigenvalue weighted by atomic mass is 10.1. The number of benzene rings is 1. The van der Waals surface area contributed by atoms with E-state index in [0.717, 1.165) is 13.1 Å². The molecule has 0 fully saturated rings. The molecule has 0 heterocycles. The Kier molecular flexibility index (Phi) is 4.63. The van der Waals surface area contributed by atoms with Gasteiger partial charge in [-0.3, -0.25) is 4.90 Å². The van der Waals surface area contributed by atoms with E-state index in [-0.39, 0.29) is 12.6 Å². The maximum atomic E-state index is 9.37. The topological polar surface area (TPSA) is 23.5 Å². The van der Waals surface area contributed by atoms with Gasteiger partial charge in [0.05, 0.1) is 12.6 Å². The van der Waals surface area contributed by atoms with Gasteiger partial charge in [0, 0.05) is 0 Å². The number of aliphatic hydroxyl groups excluding tert-OH is 1. The van der Waals surface area contributed by atoms with Gasteiger partial charge in [-0.25, -0.2) is 0 Å². The van der Waals surface area contributed by atoms with Crippen molar-refractivity contribution in [3.05, 3.63) is 35.9 Å². The van der Waals surface area contributed by atoms with Gasteiger partial charge >= 0.3 is 0 Å². The maximum absolute atomic E-state index is 9.37. The van der Waals surface area contributed by atoms with Gasteiger partial charge in [-0.15, -0.1) is 0 Å². The first-order valence-corrected chi connectivity index (χ1v) is 5.23. The van der Waals surface area contributed by atoms with Crippen LogP contribution < -0.4 is 0 Å².